The van der Waals surface area contributed by atoms with E-state index in [4.69, 9.17) is 34.5 Å². The fourth-order valence-corrected chi connectivity index (χ4v) is 4.88. The zero-order valence-corrected chi connectivity index (χ0v) is 25.2. The Morgan fingerprint density at radius 2 is 1.17 bits per heavy atom. The van der Waals surface area contributed by atoms with Crippen LogP contribution in [-0.2, 0) is 0 Å². The molecule has 0 aromatic heterocycles. The van der Waals surface area contributed by atoms with Crippen LogP contribution in [0.4, 0.5) is 0 Å². The second-order valence-corrected chi connectivity index (χ2v) is 9.86. The van der Waals surface area contributed by atoms with Crippen LogP contribution in [0.25, 0.3) is 0 Å². The van der Waals surface area contributed by atoms with E-state index in [9.17, 15) is 14.4 Å². The number of esters is 1. The van der Waals surface area contributed by atoms with Gasteiger partial charge in [0, 0.05) is 17.5 Å². The van der Waals surface area contributed by atoms with Crippen molar-refractivity contribution in [2.75, 3.05) is 27.4 Å². The van der Waals surface area contributed by atoms with Gasteiger partial charge in [-0.1, -0.05) is 0 Å². The van der Waals surface area contributed by atoms with Gasteiger partial charge in [0.2, 0.25) is 0 Å². The second kappa shape index (κ2) is 13.3. The van der Waals surface area contributed by atoms with Crippen LogP contribution in [0, 0.1) is 41.5 Å². The summed E-state index contributed by atoms with van der Waals surface area (Å²) in [7, 11) is 2.91. The SMILES string of the molecule is COc1c(C)c(OC(=O)c2c(C)c(C)c(OCCCOc3ccc(C(=O)O)cc3)c(C)c2OC)c(C)c(C)c1C(N)=O. The number of ether oxygens (including phenoxy) is 5. The fraction of sp³-hybridized carbons (Fsp3) is 0.344. The lowest BCUT2D eigenvalue weighted by atomic mass is 9.95. The van der Waals surface area contributed by atoms with Gasteiger partial charge in [-0.2, -0.15) is 0 Å². The molecule has 224 valence electrons. The number of carbonyl (C=O) groups excluding carboxylic acids is 2. The molecule has 0 aliphatic rings. The molecule has 1 amide bonds. The smallest absolute Gasteiger partial charge is 0.347 e. The maximum atomic E-state index is 13.6. The lowest BCUT2D eigenvalue weighted by molar-refractivity contribution is 0.0693. The van der Waals surface area contributed by atoms with Gasteiger partial charge < -0.3 is 34.5 Å². The van der Waals surface area contributed by atoms with Crippen molar-refractivity contribution in [3.05, 3.63) is 74.3 Å². The van der Waals surface area contributed by atoms with E-state index < -0.39 is 17.8 Å². The molecule has 10 heteroatoms. The Hall–Kier alpha value is -4.73. The number of carboxylic acids is 1. The van der Waals surface area contributed by atoms with Gasteiger partial charge in [-0.25, -0.2) is 9.59 Å². The molecule has 3 N–H and O–H groups in total. The van der Waals surface area contributed by atoms with Gasteiger partial charge in [-0.05, 0) is 88.1 Å². The standard InChI is InChI=1S/C32H37NO9/c1-16-19(4)27(21(6)28(38-7)24(16)30(33)34)42-32(37)25-17(2)18(3)26(20(5)29(25)39-8)41-15-9-14-40-23-12-10-22(11-13-23)31(35)36/h10-13H,9,14-15H2,1-8H3,(H2,33,34)(H,35,36). The molecule has 0 aliphatic heterocycles. The van der Waals surface area contributed by atoms with E-state index in [0.29, 0.717) is 64.7 Å². The molecule has 0 saturated heterocycles. The molecular weight excluding hydrogens is 542 g/mol. The third-order valence-corrected chi connectivity index (χ3v) is 7.33. The summed E-state index contributed by atoms with van der Waals surface area (Å²) in [6.07, 6.45) is 0.561. The number of hydrogen-bond acceptors (Lipinski definition) is 8. The largest absolute Gasteiger partial charge is 0.495 e. The summed E-state index contributed by atoms with van der Waals surface area (Å²) in [6, 6.07) is 6.19. The number of carbonyl (C=O) groups is 3. The molecule has 0 aliphatic carbocycles. The molecule has 0 radical (unpaired) electrons. The van der Waals surface area contributed by atoms with E-state index in [1.165, 1.54) is 26.4 Å². The molecule has 0 atom stereocenters. The first kappa shape index (κ1) is 31.8. The molecule has 0 saturated carbocycles. The van der Waals surface area contributed by atoms with Crippen molar-refractivity contribution in [2.45, 2.75) is 48.0 Å². The average molecular weight is 580 g/mol. The summed E-state index contributed by atoms with van der Waals surface area (Å²) in [5.41, 5.74) is 9.97. The molecule has 3 aromatic rings. The second-order valence-electron chi connectivity index (χ2n) is 9.86. The molecule has 0 fully saturated rings. The van der Waals surface area contributed by atoms with Gasteiger partial charge in [-0.3, -0.25) is 4.79 Å². The Morgan fingerprint density at radius 1 is 0.667 bits per heavy atom. The first-order valence-corrected chi connectivity index (χ1v) is 13.3. The van der Waals surface area contributed by atoms with Gasteiger partial charge >= 0.3 is 11.9 Å². The van der Waals surface area contributed by atoms with E-state index in [2.05, 4.69) is 0 Å². The van der Waals surface area contributed by atoms with Crippen LogP contribution in [0.2, 0.25) is 0 Å². The summed E-state index contributed by atoms with van der Waals surface area (Å²) in [5, 5.41) is 9.01. The van der Waals surface area contributed by atoms with Crippen LogP contribution < -0.4 is 29.4 Å². The molecule has 0 heterocycles. The van der Waals surface area contributed by atoms with Gasteiger partial charge in [-0.15, -0.1) is 0 Å². The summed E-state index contributed by atoms with van der Waals surface area (Å²) in [4.78, 5) is 36.7. The van der Waals surface area contributed by atoms with E-state index in [1.54, 1.807) is 39.8 Å². The summed E-state index contributed by atoms with van der Waals surface area (Å²) < 4.78 is 28.8. The number of amides is 1. The minimum atomic E-state index is -0.995. The number of primary amides is 1. The highest BCUT2D eigenvalue weighted by Crippen LogP contribution is 2.41. The molecule has 3 aromatic carbocycles. The molecule has 0 bridgehead atoms. The number of hydrogen-bond donors (Lipinski definition) is 2. The van der Waals surface area contributed by atoms with Crippen LogP contribution in [0.3, 0.4) is 0 Å². The number of aromatic carboxylic acids is 1. The Balaban J connectivity index is 1.82. The summed E-state index contributed by atoms with van der Waals surface area (Å²) in [6.45, 7) is 11.3. The molecule has 0 spiro atoms. The predicted octanol–water partition coefficient (Wildman–Crippen LogP) is 5.42. The van der Waals surface area contributed by atoms with Crippen molar-refractivity contribution in [3.8, 4) is 28.7 Å². The molecular formula is C32H37NO9. The highest BCUT2D eigenvalue weighted by atomic mass is 16.5. The Morgan fingerprint density at radius 3 is 1.71 bits per heavy atom. The lowest BCUT2D eigenvalue weighted by Crippen LogP contribution is -2.19. The van der Waals surface area contributed by atoms with Crippen molar-refractivity contribution >= 4 is 17.8 Å². The lowest BCUT2D eigenvalue weighted by Gasteiger charge is -2.22. The number of methoxy groups -OCH3 is 2. The maximum absolute atomic E-state index is 13.6. The van der Waals surface area contributed by atoms with Crippen LogP contribution >= 0.6 is 0 Å². The Labute approximate surface area is 245 Å². The number of rotatable bonds is 12. The van der Waals surface area contributed by atoms with Gasteiger partial charge in [0.15, 0.2) is 0 Å². The van der Waals surface area contributed by atoms with Crippen LogP contribution in [0.5, 0.6) is 28.7 Å². The van der Waals surface area contributed by atoms with Crippen molar-refractivity contribution in [1.29, 1.82) is 0 Å². The summed E-state index contributed by atoms with van der Waals surface area (Å²) in [5.74, 6) is -0.204. The fourth-order valence-electron chi connectivity index (χ4n) is 4.88. The molecule has 3 rings (SSSR count). The molecule has 10 nitrogen and oxygen atoms in total. The third kappa shape index (κ3) is 6.27. The van der Waals surface area contributed by atoms with Crippen molar-refractivity contribution in [3.63, 3.8) is 0 Å². The van der Waals surface area contributed by atoms with Crippen molar-refractivity contribution < 1.29 is 43.2 Å². The minimum absolute atomic E-state index is 0.189. The van der Waals surface area contributed by atoms with Crippen LogP contribution in [-0.4, -0.2) is 50.4 Å². The maximum Gasteiger partial charge on any atom is 0.347 e. The first-order valence-electron chi connectivity index (χ1n) is 13.3. The van der Waals surface area contributed by atoms with E-state index in [-0.39, 0.29) is 28.2 Å². The third-order valence-electron chi connectivity index (χ3n) is 7.33. The van der Waals surface area contributed by atoms with E-state index in [0.717, 1.165) is 5.56 Å². The molecule has 0 unspecified atom stereocenters. The van der Waals surface area contributed by atoms with Gasteiger partial charge in [0.05, 0.1) is 38.6 Å². The highest BCUT2D eigenvalue weighted by molar-refractivity contribution is 6.00. The molecule has 42 heavy (non-hydrogen) atoms. The van der Waals surface area contributed by atoms with E-state index >= 15 is 0 Å². The zero-order chi connectivity index (χ0) is 31.3. The van der Waals surface area contributed by atoms with E-state index in [1.807, 2.05) is 13.8 Å². The highest BCUT2D eigenvalue weighted by Gasteiger charge is 2.28. The van der Waals surface area contributed by atoms with Crippen molar-refractivity contribution in [2.24, 2.45) is 5.73 Å². The number of nitrogens with two attached hydrogens (primary N) is 1. The zero-order valence-electron chi connectivity index (χ0n) is 25.2. The predicted molar refractivity (Wildman–Crippen MR) is 157 cm³/mol. The van der Waals surface area contributed by atoms with Crippen molar-refractivity contribution in [1.82, 2.24) is 0 Å². The number of carboxylic acid groups (broad SMARTS) is 1. The normalized spacial score (nSPS) is 10.7. The monoisotopic (exact) mass is 579 g/mol. The summed E-state index contributed by atoms with van der Waals surface area (Å²) >= 11 is 0. The first-order chi connectivity index (χ1) is 19.8. The minimum Gasteiger partial charge on any atom is -0.495 e. The number of benzene rings is 3. The van der Waals surface area contributed by atoms with Crippen LogP contribution in [0.15, 0.2) is 24.3 Å². The Bertz CT molecular complexity index is 1520. The van der Waals surface area contributed by atoms with Crippen LogP contribution in [0.1, 0.15) is 70.9 Å². The average Bonchev–Trinajstić information content (AvgIpc) is 2.95. The topological polar surface area (TPSA) is 144 Å². The van der Waals surface area contributed by atoms with Gasteiger partial charge in [0.25, 0.3) is 5.91 Å². The van der Waals surface area contributed by atoms with Gasteiger partial charge in [0.1, 0.15) is 34.3 Å². The Kier molecular flexibility index (Phi) is 10.1. The quantitative estimate of drug-likeness (QED) is 0.163.